The SMILES string of the molecule is COCCNCC(=O)NC(C)CCc1ccc(OC)cc1.Cl. The minimum absolute atomic E-state index is 0. The predicted molar refractivity (Wildman–Crippen MR) is 90.9 cm³/mol. The van der Waals surface area contributed by atoms with Gasteiger partial charge in [0.15, 0.2) is 0 Å². The number of hydrogen-bond donors (Lipinski definition) is 2. The molecule has 0 aliphatic rings. The topological polar surface area (TPSA) is 59.6 Å². The number of nitrogens with one attached hydrogen (secondary N) is 2. The maximum Gasteiger partial charge on any atom is 0.234 e. The first-order valence-corrected chi connectivity index (χ1v) is 7.27. The Hall–Kier alpha value is -1.30. The average Bonchev–Trinajstić information content (AvgIpc) is 2.50. The number of halogens is 1. The third-order valence-corrected chi connectivity index (χ3v) is 3.20. The second kappa shape index (κ2) is 12.3. The van der Waals surface area contributed by atoms with Gasteiger partial charge >= 0.3 is 0 Å². The van der Waals surface area contributed by atoms with Crippen molar-refractivity contribution in [2.75, 3.05) is 33.9 Å². The smallest absolute Gasteiger partial charge is 0.234 e. The van der Waals surface area contributed by atoms with Crippen LogP contribution in [0.3, 0.4) is 0 Å². The Morgan fingerprint density at radius 2 is 1.91 bits per heavy atom. The van der Waals surface area contributed by atoms with Crippen molar-refractivity contribution in [3.8, 4) is 5.75 Å². The number of aryl methyl sites for hydroxylation is 1. The van der Waals surface area contributed by atoms with Gasteiger partial charge in [0, 0.05) is 19.7 Å². The van der Waals surface area contributed by atoms with E-state index in [0.29, 0.717) is 19.7 Å². The van der Waals surface area contributed by atoms with E-state index in [1.165, 1.54) is 5.56 Å². The van der Waals surface area contributed by atoms with Crippen LogP contribution in [0.1, 0.15) is 18.9 Å². The van der Waals surface area contributed by atoms with Crippen LogP contribution in [-0.4, -0.2) is 45.9 Å². The van der Waals surface area contributed by atoms with Crippen molar-refractivity contribution in [3.05, 3.63) is 29.8 Å². The lowest BCUT2D eigenvalue weighted by molar-refractivity contribution is -0.120. The highest BCUT2D eigenvalue weighted by Gasteiger charge is 2.07. The van der Waals surface area contributed by atoms with Crippen molar-refractivity contribution in [2.24, 2.45) is 0 Å². The van der Waals surface area contributed by atoms with E-state index in [-0.39, 0.29) is 24.4 Å². The number of hydrogen-bond acceptors (Lipinski definition) is 4. The number of methoxy groups -OCH3 is 2. The summed E-state index contributed by atoms with van der Waals surface area (Å²) in [7, 11) is 3.30. The molecule has 126 valence electrons. The average molecular weight is 331 g/mol. The van der Waals surface area contributed by atoms with Gasteiger partial charge in [-0.25, -0.2) is 0 Å². The van der Waals surface area contributed by atoms with Gasteiger partial charge < -0.3 is 20.1 Å². The number of amides is 1. The normalized spacial score (nSPS) is 11.4. The summed E-state index contributed by atoms with van der Waals surface area (Å²) in [6.45, 7) is 3.65. The fourth-order valence-electron chi connectivity index (χ4n) is 1.95. The van der Waals surface area contributed by atoms with Crippen LogP contribution in [0.2, 0.25) is 0 Å². The zero-order chi connectivity index (χ0) is 15.5. The Kier molecular flexibility index (Phi) is 11.5. The molecule has 0 aliphatic carbocycles. The highest BCUT2D eigenvalue weighted by molar-refractivity contribution is 5.85. The van der Waals surface area contributed by atoms with Crippen LogP contribution >= 0.6 is 12.4 Å². The van der Waals surface area contributed by atoms with Gasteiger partial charge in [-0.05, 0) is 37.5 Å². The van der Waals surface area contributed by atoms with E-state index in [0.717, 1.165) is 18.6 Å². The highest BCUT2D eigenvalue weighted by atomic mass is 35.5. The van der Waals surface area contributed by atoms with Gasteiger partial charge in [0.05, 0.1) is 20.3 Å². The molecule has 22 heavy (non-hydrogen) atoms. The summed E-state index contributed by atoms with van der Waals surface area (Å²) in [4.78, 5) is 11.7. The molecule has 0 fully saturated rings. The number of carbonyl (C=O) groups excluding carboxylic acids is 1. The zero-order valence-electron chi connectivity index (χ0n) is 13.6. The van der Waals surface area contributed by atoms with E-state index < -0.39 is 0 Å². The molecule has 1 aromatic rings. The van der Waals surface area contributed by atoms with Crippen molar-refractivity contribution in [3.63, 3.8) is 0 Å². The van der Waals surface area contributed by atoms with Crippen LogP contribution in [0, 0.1) is 0 Å². The van der Waals surface area contributed by atoms with Crippen LogP contribution in [0.25, 0.3) is 0 Å². The molecule has 0 saturated carbocycles. The molecule has 6 heteroatoms. The number of carbonyl (C=O) groups is 1. The summed E-state index contributed by atoms with van der Waals surface area (Å²) in [6.07, 6.45) is 1.85. The summed E-state index contributed by atoms with van der Waals surface area (Å²) in [5.41, 5.74) is 1.25. The van der Waals surface area contributed by atoms with Crippen LogP contribution in [-0.2, 0) is 16.0 Å². The second-order valence-corrected chi connectivity index (χ2v) is 5.02. The van der Waals surface area contributed by atoms with E-state index in [4.69, 9.17) is 9.47 Å². The van der Waals surface area contributed by atoms with E-state index in [9.17, 15) is 4.79 Å². The molecular formula is C16H27ClN2O3. The van der Waals surface area contributed by atoms with E-state index in [1.54, 1.807) is 14.2 Å². The van der Waals surface area contributed by atoms with Gasteiger partial charge in [0.25, 0.3) is 0 Å². The Labute approximate surface area is 139 Å². The van der Waals surface area contributed by atoms with Crippen molar-refractivity contribution < 1.29 is 14.3 Å². The summed E-state index contributed by atoms with van der Waals surface area (Å²) in [5, 5.41) is 6.01. The first kappa shape index (κ1) is 20.7. The predicted octanol–water partition coefficient (Wildman–Crippen LogP) is 1.79. The van der Waals surface area contributed by atoms with Gasteiger partial charge in [-0.15, -0.1) is 12.4 Å². The third-order valence-electron chi connectivity index (χ3n) is 3.20. The molecule has 5 nitrogen and oxygen atoms in total. The minimum atomic E-state index is 0. The largest absolute Gasteiger partial charge is 0.497 e. The number of rotatable bonds is 10. The lowest BCUT2D eigenvalue weighted by atomic mass is 10.1. The molecule has 0 radical (unpaired) electrons. The quantitative estimate of drug-likeness (QED) is 0.642. The Balaban J connectivity index is 0.00000441. The van der Waals surface area contributed by atoms with E-state index >= 15 is 0 Å². The van der Waals surface area contributed by atoms with Crippen LogP contribution in [0.15, 0.2) is 24.3 Å². The molecule has 0 bridgehead atoms. The van der Waals surface area contributed by atoms with Crippen LogP contribution < -0.4 is 15.4 Å². The summed E-state index contributed by atoms with van der Waals surface area (Å²) in [6, 6.07) is 8.18. The lowest BCUT2D eigenvalue weighted by Crippen LogP contribution is -2.40. The summed E-state index contributed by atoms with van der Waals surface area (Å²) in [5.74, 6) is 0.885. The molecule has 0 saturated heterocycles. The van der Waals surface area contributed by atoms with Gasteiger partial charge in [-0.2, -0.15) is 0 Å². The Morgan fingerprint density at radius 3 is 2.50 bits per heavy atom. The first-order chi connectivity index (χ1) is 10.2. The van der Waals surface area contributed by atoms with Crippen LogP contribution in [0.5, 0.6) is 5.75 Å². The molecule has 0 aliphatic heterocycles. The van der Waals surface area contributed by atoms with Gasteiger partial charge in [-0.3, -0.25) is 4.79 Å². The first-order valence-electron chi connectivity index (χ1n) is 7.27. The minimum Gasteiger partial charge on any atom is -0.497 e. The van der Waals surface area contributed by atoms with Crippen molar-refractivity contribution in [1.29, 1.82) is 0 Å². The van der Waals surface area contributed by atoms with Crippen molar-refractivity contribution >= 4 is 18.3 Å². The molecule has 1 atom stereocenters. The molecule has 0 aromatic heterocycles. The number of ether oxygens (including phenoxy) is 2. The fraction of sp³-hybridized carbons (Fsp3) is 0.562. The highest BCUT2D eigenvalue weighted by Crippen LogP contribution is 2.13. The molecule has 1 unspecified atom stereocenters. The molecular weight excluding hydrogens is 304 g/mol. The Morgan fingerprint density at radius 1 is 1.23 bits per heavy atom. The summed E-state index contributed by atoms with van der Waals surface area (Å²) < 4.78 is 10.0. The van der Waals surface area contributed by atoms with Gasteiger partial charge in [0.1, 0.15) is 5.75 Å². The fourth-order valence-corrected chi connectivity index (χ4v) is 1.95. The number of benzene rings is 1. The standard InChI is InChI=1S/C16H26N2O3.ClH/c1-13(18-16(19)12-17-10-11-20-2)4-5-14-6-8-15(21-3)9-7-14;/h6-9,13,17H,4-5,10-12H2,1-3H3,(H,18,19);1H. The van der Waals surface area contributed by atoms with E-state index in [1.807, 2.05) is 19.1 Å². The zero-order valence-corrected chi connectivity index (χ0v) is 14.4. The monoisotopic (exact) mass is 330 g/mol. The molecule has 1 amide bonds. The van der Waals surface area contributed by atoms with Crippen molar-refractivity contribution in [2.45, 2.75) is 25.8 Å². The second-order valence-electron chi connectivity index (χ2n) is 5.02. The van der Waals surface area contributed by atoms with Gasteiger partial charge in [-0.1, -0.05) is 12.1 Å². The Bertz CT molecular complexity index is 412. The van der Waals surface area contributed by atoms with Crippen molar-refractivity contribution in [1.82, 2.24) is 10.6 Å². The maximum absolute atomic E-state index is 11.7. The molecule has 1 aromatic carbocycles. The maximum atomic E-state index is 11.7. The molecule has 0 spiro atoms. The van der Waals surface area contributed by atoms with Gasteiger partial charge in [0.2, 0.25) is 5.91 Å². The van der Waals surface area contributed by atoms with E-state index in [2.05, 4.69) is 22.8 Å². The molecule has 2 N–H and O–H groups in total. The molecule has 1 rings (SSSR count). The van der Waals surface area contributed by atoms with Crippen LogP contribution in [0.4, 0.5) is 0 Å². The summed E-state index contributed by atoms with van der Waals surface area (Å²) >= 11 is 0. The molecule has 0 heterocycles. The third kappa shape index (κ3) is 8.87. The lowest BCUT2D eigenvalue weighted by Gasteiger charge is -2.14.